The van der Waals surface area contributed by atoms with Gasteiger partial charge in [0.2, 0.25) is 0 Å². The van der Waals surface area contributed by atoms with Crippen LogP contribution in [-0.2, 0) is 17.8 Å². The van der Waals surface area contributed by atoms with Crippen molar-refractivity contribution < 1.29 is 17.9 Å². The zero-order valence-corrected chi connectivity index (χ0v) is 8.38. The fraction of sp³-hybridized carbons (Fsp3) is 0.125. The molecule has 0 aromatic heterocycles. The maximum Gasteiger partial charge on any atom is 0.328 e. The van der Waals surface area contributed by atoms with Crippen LogP contribution in [0.4, 0.5) is 9.18 Å². The van der Waals surface area contributed by atoms with Crippen LogP contribution in [0.2, 0.25) is 0 Å². The van der Waals surface area contributed by atoms with Gasteiger partial charge >= 0.3 is 6.03 Å². The maximum absolute atomic E-state index is 12.5. The number of urea groups is 1. The minimum Gasteiger partial charge on any atom is -0.333 e. The number of benzene rings is 1. The summed E-state index contributed by atoms with van der Waals surface area (Å²) in [7, 11) is 0. The Morgan fingerprint density at radius 3 is 2.53 bits per heavy atom. The lowest BCUT2D eigenvalue weighted by Gasteiger charge is -2.04. The summed E-state index contributed by atoms with van der Waals surface area (Å²) in [5, 5.41) is 2.32. The van der Waals surface area contributed by atoms with Crippen LogP contribution in [0.3, 0.4) is 0 Å². The van der Waals surface area contributed by atoms with Gasteiger partial charge in [0.05, 0.1) is 0 Å². The molecule has 1 rings (SSSR count). The molecular weight excluding hydrogens is 223 g/mol. The molecule has 0 radical (unpaired) electrons. The number of hydrogen-bond acceptors (Lipinski definition) is 2. The smallest absolute Gasteiger partial charge is 0.328 e. The summed E-state index contributed by atoms with van der Waals surface area (Å²) in [6, 6.07) is 4.77. The van der Waals surface area contributed by atoms with E-state index in [0.717, 1.165) is 0 Å². The van der Waals surface area contributed by atoms with Gasteiger partial charge in [-0.1, -0.05) is 12.1 Å². The van der Waals surface area contributed by atoms with E-state index in [-0.39, 0.29) is 12.4 Å². The molecule has 0 bridgehead atoms. The molecule has 0 aliphatic carbocycles. The van der Waals surface area contributed by atoms with Crippen LogP contribution in [0.1, 0.15) is 5.56 Å². The second-order valence-corrected chi connectivity index (χ2v) is 3.36. The van der Waals surface area contributed by atoms with Crippen molar-refractivity contribution in [1.82, 2.24) is 10.0 Å². The van der Waals surface area contributed by atoms with Crippen molar-refractivity contribution >= 4 is 17.3 Å². The molecule has 0 saturated heterocycles. The first-order chi connectivity index (χ1) is 7.08. The highest BCUT2D eigenvalue weighted by Gasteiger charge is 2.02. The van der Waals surface area contributed by atoms with Gasteiger partial charge in [-0.25, -0.2) is 18.1 Å². The third kappa shape index (κ3) is 4.52. The Bertz CT molecular complexity index is 369. The molecule has 1 unspecified atom stereocenters. The molecule has 0 spiro atoms. The molecule has 1 atom stereocenters. The third-order valence-electron chi connectivity index (χ3n) is 1.55. The summed E-state index contributed by atoms with van der Waals surface area (Å²) in [6.45, 7) is 0.156. The largest absolute Gasteiger partial charge is 0.333 e. The lowest BCUT2D eigenvalue weighted by Crippen LogP contribution is -2.35. The number of rotatable bonds is 3. The summed E-state index contributed by atoms with van der Waals surface area (Å²) in [4.78, 5) is 10.8. The summed E-state index contributed by atoms with van der Waals surface area (Å²) in [5.41, 5.74) is 0.690. The van der Waals surface area contributed by atoms with Gasteiger partial charge in [-0.3, -0.25) is 4.55 Å². The van der Waals surface area contributed by atoms with E-state index >= 15 is 0 Å². The zero-order chi connectivity index (χ0) is 11.3. The number of halogens is 1. The molecule has 7 heteroatoms. The second-order valence-electron chi connectivity index (χ2n) is 2.66. The van der Waals surface area contributed by atoms with Crippen LogP contribution in [0, 0.1) is 5.82 Å². The zero-order valence-electron chi connectivity index (χ0n) is 7.57. The highest BCUT2D eigenvalue weighted by molar-refractivity contribution is 7.77. The molecule has 0 aliphatic rings. The van der Waals surface area contributed by atoms with E-state index in [0.29, 0.717) is 5.56 Å². The molecule has 0 aliphatic heterocycles. The standard InChI is InChI=1S/C8H9FN2O3S/c9-7-3-1-6(2-4-7)5-10-8(12)11-15(13)14/h1-4H,5H2,(H,13,14)(H2,10,11,12). The van der Waals surface area contributed by atoms with E-state index in [4.69, 9.17) is 4.55 Å². The summed E-state index contributed by atoms with van der Waals surface area (Å²) >= 11 is -2.38. The normalized spacial score (nSPS) is 11.9. The Morgan fingerprint density at radius 2 is 2.00 bits per heavy atom. The van der Waals surface area contributed by atoms with Crippen LogP contribution < -0.4 is 10.0 Å². The Kier molecular flexibility index (Phi) is 4.19. The van der Waals surface area contributed by atoms with Gasteiger partial charge in [0.1, 0.15) is 5.82 Å². The van der Waals surface area contributed by atoms with E-state index in [2.05, 4.69) is 5.32 Å². The van der Waals surface area contributed by atoms with Crippen LogP contribution in [0.5, 0.6) is 0 Å². The van der Waals surface area contributed by atoms with E-state index in [1.807, 2.05) is 0 Å². The minimum atomic E-state index is -2.38. The highest BCUT2D eigenvalue weighted by atomic mass is 32.2. The first-order valence-electron chi connectivity index (χ1n) is 3.97. The predicted molar refractivity (Wildman–Crippen MR) is 52.5 cm³/mol. The SMILES string of the molecule is O=C(NCc1ccc(F)cc1)NS(=O)O. The van der Waals surface area contributed by atoms with Gasteiger partial charge in [0.15, 0.2) is 0 Å². The van der Waals surface area contributed by atoms with E-state index in [1.165, 1.54) is 24.3 Å². The van der Waals surface area contributed by atoms with Gasteiger partial charge in [-0.05, 0) is 17.7 Å². The van der Waals surface area contributed by atoms with Crippen LogP contribution in [0.15, 0.2) is 24.3 Å². The third-order valence-corrected chi connectivity index (χ3v) is 1.91. The molecule has 5 nitrogen and oxygen atoms in total. The van der Waals surface area contributed by atoms with Crippen LogP contribution >= 0.6 is 0 Å². The van der Waals surface area contributed by atoms with Crippen molar-refractivity contribution in [2.45, 2.75) is 6.54 Å². The van der Waals surface area contributed by atoms with E-state index in [1.54, 1.807) is 4.72 Å². The Morgan fingerprint density at radius 1 is 1.40 bits per heavy atom. The minimum absolute atomic E-state index is 0.156. The Labute approximate surface area is 88.1 Å². The lowest BCUT2D eigenvalue weighted by atomic mass is 10.2. The van der Waals surface area contributed by atoms with Gasteiger partial charge in [-0.2, -0.15) is 0 Å². The van der Waals surface area contributed by atoms with Gasteiger partial charge in [0, 0.05) is 6.54 Å². The number of carbonyl (C=O) groups is 1. The predicted octanol–water partition coefficient (Wildman–Crippen LogP) is 0.762. The quantitative estimate of drug-likeness (QED) is 0.673. The molecule has 1 aromatic carbocycles. The Balaban J connectivity index is 2.40. The van der Waals surface area contributed by atoms with Gasteiger partial charge < -0.3 is 5.32 Å². The van der Waals surface area contributed by atoms with Crippen molar-refractivity contribution in [3.05, 3.63) is 35.6 Å². The van der Waals surface area contributed by atoms with Crippen molar-refractivity contribution in [2.75, 3.05) is 0 Å². The first kappa shape index (κ1) is 11.6. The fourth-order valence-electron chi connectivity index (χ4n) is 0.900. The topological polar surface area (TPSA) is 78.4 Å². The number of amides is 2. The van der Waals surface area contributed by atoms with Crippen LogP contribution in [-0.4, -0.2) is 14.8 Å². The molecule has 2 amide bonds. The fourth-order valence-corrected chi connectivity index (χ4v) is 1.13. The molecule has 0 saturated carbocycles. The van der Waals surface area contributed by atoms with Crippen molar-refractivity contribution in [1.29, 1.82) is 0 Å². The van der Waals surface area contributed by atoms with Crippen molar-refractivity contribution in [3.8, 4) is 0 Å². The molecule has 0 heterocycles. The summed E-state index contributed by atoms with van der Waals surface area (Å²) in [5.74, 6) is -0.361. The molecule has 3 N–H and O–H groups in total. The second kappa shape index (κ2) is 5.42. The number of hydrogen-bond donors (Lipinski definition) is 3. The molecule has 0 fully saturated rings. The average Bonchev–Trinajstić information content (AvgIpc) is 2.16. The molecule has 15 heavy (non-hydrogen) atoms. The molecular formula is C8H9FN2O3S. The van der Waals surface area contributed by atoms with Gasteiger partial charge in [0.25, 0.3) is 11.3 Å². The van der Waals surface area contributed by atoms with E-state index in [9.17, 15) is 13.4 Å². The Hall–Kier alpha value is -1.47. The monoisotopic (exact) mass is 232 g/mol. The van der Waals surface area contributed by atoms with Crippen LogP contribution in [0.25, 0.3) is 0 Å². The van der Waals surface area contributed by atoms with Gasteiger partial charge in [-0.15, -0.1) is 0 Å². The maximum atomic E-state index is 12.5. The van der Waals surface area contributed by atoms with Crippen molar-refractivity contribution in [3.63, 3.8) is 0 Å². The first-order valence-corrected chi connectivity index (χ1v) is 5.08. The summed E-state index contributed by atoms with van der Waals surface area (Å²) in [6.07, 6.45) is 0. The lowest BCUT2D eigenvalue weighted by molar-refractivity contribution is 0.245. The average molecular weight is 232 g/mol. The molecule has 82 valence electrons. The number of nitrogens with one attached hydrogen (secondary N) is 2. The number of carbonyl (C=O) groups excluding carboxylic acids is 1. The van der Waals surface area contributed by atoms with Crippen molar-refractivity contribution in [2.24, 2.45) is 0 Å². The van der Waals surface area contributed by atoms with E-state index < -0.39 is 17.3 Å². The summed E-state index contributed by atoms with van der Waals surface area (Å²) < 4.78 is 32.7. The highest BCUT2D eigenvalue weighted by Crippen LogP contribution is 2.01. The molecule has 1 aromatic rings.